The topological polar surface area (TPSA) is 48.5 Å². The summed E-state index contributed by atoms with van der Waals surface area (Å²) in [5.74, 6) is 0.799. The van der Waals surface area contributed by atoms with Gasteiger partial charge in [-0.3, -0.25) is 9.69 Å². The van der Waals surface area contributed by atoms with Crippen LogP contribution in [0.5, 0.6) is 0 Å². The first-order valence-electron chi connectivity index (χ1n) is 9.60. The number of aromatic nitrogens is 1. The van der Waals surface area contributed by atoms with Gasteiger partial charge in [-0.05, 0) is 47.3 Å². The number of halogens is 1. The fourth-order valence-electron chi connectivity index (χ4n) is 4.05. The molecule has 0 atom stereocenters. The fraction of sp³-hybridized carbons (Fsp3) is 0.333. The van der Waals surface area contributed by atoms with Crippen molar-refractivity contribution < 1.29 is 9.18 Å². The van der Waals surface area contributed by atoms with Crippen molar-refractivity contribution in [2.75, 3.05) is 42.9 Å². The largest absolute Gasteiger partial charge is 0.353 e. The second-order valence-electron chi connectivity index (χ2n) is 7.41. The first-order valence-corrected chi connectivity index (χ1v) is 10.4. The summed E-state index contributed by atoms with van der Waals surface area (Å²) in [6, 6.07) is 11.7. The van der Waals surface area contributed by atoms with Crippen LogP contribution in [-0.4, -0.2) is 47.9 Å². The lowest BCUT2D eigenvalue weighted by atomic mass is 10.0. The van der Waals surface area contributed by atoms with Crippen molar-refractivity contribution in [3.05, 3.63) is 53.3 Å². The molecule has 1 amide bonds. The highest BCUT2D eigenvalue weighted by atomic mass is 32.1. The number of carbonyl (C=O) groups is 1. The molecule has 1 saturated heterocycles. The Kier molecular flexibility index (Phi) is 4.49. The van der Waals surface area contributed by atoms with Crippen LogP contribution in [0, 0.1) is 5.82 Å². The Labute approximate surface area is 166 Å². The Balaban J connectivity index is 1.20. The number of anilines is 2. The van der Waals surface area contributed by atoms with E-state index < -0.39 is 0 Å². The van der Waals surface area contributed by atoms with Crippen molar-refractivity contribution >= 4 is 39.0 Å². The first-order chi connectivity index (χ1) is 13.7. The normalized spacial score (nSPS) is 17.2. The van der Waals surface area contributed by atoms with Crippen molar-refractivity contribution in [2.45, 2.75) is 12.8 Å². The third-order valence-electron chi connectivity index (χ3n) is 5.62. The van der Waals surface area contributed by atoms with Gasteiger partial charge in [-0.1, -0.05) is 18.2 Å². The lowest BCUT2D eigenvalue weighted by Gasteiger charge is -2.35. The van der Waals surface area contributed by atoms with Gasteiger partial charge in [0.05, 0.1) is 11.1 Å². The molecule has 1 fully saturated rings. The molecule has 0 radical (unpaired) electrons. The number of amides is 1. The van der Waals surface area contributed by atoms with E-state index in [0.29, 0.717) is 24.1 Å². The van der Waals surface area contributed by atoms with Gasteiger partial charge >= 0.3 is 0 Å². The van der Waals surface area contributed by atoms with Crippen LogP contribution < -0.4 is 10.2 Å². The Morgan fingerprint density at radius 1 is 1.14 bits per heavy atom. The van der Waals surface area contributed by atoms with Gasteiger partial charge in [0.15, 0.2) is 0 Å². The number of nitrogens with zero attached hydrogens (tertiary/aromatic N) is 3. The summed E-state index contributed by atoms with van der Waals surface area (Å²) in [6.45, 7) is 4.57. The van der Waals surface area contributed by atoms with Crippen LogP contribution in [0.3, 0.4) is 0 Å². The molecule has 2 aliphatic heterocycles. The number of piperazine rings is 1. The molecule has 2 aliphatic rings. The molecule has 7 heteroatoms. The van der Waals surface area contributed by atoms with E-state index in [1.807, 2.05) is 12.1 Å². The van der Waals surface area contributed by atoms with Crippen LogP contribution in [-0.2, 0) is 17.6 Å². The second-order valence-corrected chi connectivity index (χ2v) is 8.21. The third-order valence-corrected chi connectivity index (χ3v) is 6.44. The Morgan fingerprint density at radius 2 is 1.96 bits per heavy atom. The molecule has 1 N–H and O–H groups in total. The van der Waals surface area contributed by atoms with E-state index in [2.05, 4.69) is 37.7 Å². The first kappa shape index (κ1) is 17.6. The van der Waals surface area contributed by atoms with E-state index in [-0.39, 0.29) is 11.7 Å². The zero-order valence-electron chi connectivity index (χ0n) is 15.4. The lowest BCUT2D eigenvalue weighted by molar-refractivity contribution is -0.115. The van der Waals surface area contributed by atoms with E-state index in [4.69, 9.17) is 0 Å². The Bertz CT molecular complexity index is 1040. The molecule has 28 heavy (non-hydrogen) atoms. The predicted octanol–water partition coefficient (Wildman–Crippen LogP) is 3.29. The van der Waals surface area contributed by atoms with E-state index in [0.717, 1.165) is 44.1 Å². The monoisotopic (exact) mass is 395 g/mol. The molecule has 2 aromatic carbocycles. The summed E-state index contributed by atoms with van der Waals surface area (Å²) < 4.78 is 20.2. The van der Waals surface area contributed by atoms with Crippen LogP contribution in [0.15, 0.2) is 36.4 Å². The van der Waals surface area contributed by atoms with Gasteiger partial charge in [-0.2, -0.15) is 4.37 Å². The molecule has 5 nitrogen and oxygen atoms in total. The molecular weight excluding hydrogens is 374 g/mol. The molecule has 0 bridgehead atoms. The second kappa shape index (κ2) is 7.14. The van der Waals surface area contributed by atoms with Crippen molar-refractivity contribution in [3.8, 4) is 0 Å². The summed E-state index contributed by atoms with van der Waals surface area (Å²) in [4.78, 5) is 16.2. The van der Waals surface area contributed by atoms with Crippen LogP contribution in [0.4, 0.5) is 15.9 Å². The Hall–Kier alpha value is -2.51. The zero-order valence-corrected chi connectivity index (χ0v) is 16.3. The highest BCUT2D eigenvalue weighted by Gasteiger charge is 2.22. The maximum absolute atomic E-state index is 14.3. The van der Waals surface area contributed by atoms with Gasteiger partial charge in [0.1, 0.15) is 11.6 Å². The number of rotatable bonds is 4. The molecule has 0 saturated carbocycles. The van der Waals surface area contributed by atoms with Crippen LogP contribution >= 0.6 is 11.5 Å². The number of nitrogens with one attached hydrogen (secondary N) is 1. The number of hydrogen-bond donors (Lipinski definition) is 1. The van der Waals surface area contributed by atoms with Gasteiger partial charge in [0.2, 0.25) is 5.91 Å². The quantitative estimate of drug-likeness (QED) is 0.737. The van der Waals surface area contributed by atoms with Gasteiger partial charge in [0, 0.05) is 43.8 Å². The number of carbonyl (C=O) groups excluding carboxylic acids is 1. The SMILES string of the molecule is O=C1Cc2cc(CCN3CCN(c4nsc5ccccc45)CC3)c([18F])cc2N1. The van der Waals surface area contributed by atoms with Gasteiger partial charge < -0.3 is 10.2 Å². The zero-order chi connectivity index (χ0) is 19.1. The minimum Gasteiger partial charge on any atom is -0.353 e. The fourth-order valence-corrected chi connectivity index (χ4v) is 4.85. The van der Waals surface area contributed by atoms with Crippen LogP contribution in [0.2, 0.25) is 0 Å². The molecule has 3 heterocycles. The summed E-state index contributed by atoms with van der Waals surface area (Å²) in [7, 11) is 0. The van der Waals surface area contributed by atoms with Crippen molar-refractivity contribution in [2.24, 2.45) is 0 Å². The molecule has 3 aromatic rings. The van der Waals surface area contributed by atoms with Gasteiger partial charge in [0.25, 0.3) is 0 Å². The number of hydrogen-bond acceptors (Lipinski definition) is 5. The van der Waals surface area contributed by atoms with Crippen molar-refractivity contribution in [3.63, 3.8) is 0 Å². The average molecular weight is 395 g/mol. The highest BCUT2D eigenvalue weighted by Crippen LogP contribution is 2.30. The molecule has 5 rings (SSSR count). The molecule has 0 spiro atoms. The molecular formula is C21H21FN4OS. The highest BCUT2D eigenvalue weighted by molar-refractivity contribution is 7.13. The molecule has 0 aliphatic carbocycles. The molecule has 1 aromatic heterocycles. The van der Waals surface area contributed by atoms with Crippen molar-refractivity contribution in [1.82, 2.24) is 9.27 Å². The van der Waals surface area contributed by atoms with Crippen LogP contribution in [0.1, 0.15) is 11.1 Å². The minimum absolute atomic E-state index is 0.0581. The van der Waals surface area contributed by atoms with Gasteiger partial charge in [-0.25, -0.2) is 4.39 Å². The maximum Gasteiger partial charge on any atom is 0.228 e. The summed E-state index contributed by atoms with van der Waals surface area (Å²) in [5.41, 5.74) is 2.22. The number of fused-ring (bicyclic) bond motifs is 2. The summed E-state index contributed by atoms with van der Waals surface area (Å²) >= 11 is 1.55. The summed E-state index contributed by atoms with van der Waals surface area (Å²) in [6.07, 6.45) is 1.01. The predicted molar refractivity (Wildman–Crippen MR) is 111 cm³/mol. The van der Waals surface area contributed by atoms with E-state index in [1.165, 1.54) is 16.2 Å². The minimum atomic E-state index is -0.228. The molecule has 0 unspecified atom stereocenters. The maximum atomic E-state index is 14.3. The molecule has 144 valence electrons. The lowest BCUT2D eigenvalue weighted by Crippen LogP contribution is -2.47. The van der Waals surface area contributed by atoms with Crippen molar-refractivity contribution in [1.29, 1.82) is 0 Å². The van der Waals surface area contributed by atoms with Crippen LogP contribution in [0.25, 0.3) is 10.1 Å². The van der Waals surface area contributed by atoms with E-state index in [1.54, 1.807) is 11.5 Å². The third kappa shape index (κ3) is 3.25. The van der Waals surface area contributed by atoms with Gasteiger partial charge in [-0.15, -0.1) is 0 Å². The smallest absolute Gasteiger partial charge is 0.228 e. The standard InChI is InChI=1S/C21H21FN4OS/c22-17-13-18-15(12-20(27)23-18)11-14(17)5-6-25-7-9-26(10-8-25)21-16-3-1-2-4-19(16)28-24-21/h1-4,11,13H,5-10,12H2,(H,23,27)/i22-1. The van der Waals surface area contributed by atoms with E-state index in [9.17, 15) is 9.18 Å². The summed E-state index contributed by atoms with van der Waals surface area (Å²) in [5, 5.41) is 3.93. The number of benzene rings is 2. The Morgan fingerprint density at radius 3 is 2.82 bits per heavy atom. The van der Waals surface area contributed by atoms with E-state index >= 15 is 0 Å². The average Bonchev–Trinajstić information content (AvgIpc) is 3.29.